The van der Waals surface area contributed by atoms with Crippen LogP contribution < -0.4 is 0 Å². The van der Waals surface area contributed by atoms with Crippen molar-refractivity contribution in [3.05, 3.63) is 35.4 Å². The van der Waals surface area contributed by atoms with E-state index in [1.165, 1.54) is 0 Å². The Balaban J connectivity index is 1.70. The van der Waals surface area contributed by atoms with E-state index in [2.05, 4.69) is 27.7 Å². The maximum absolute atomic E-state index is 12.9. The summed E-state index contributed by atoms with van der Waals surface area (Å²) in [5, 5.41) is 0. The molecule has 0 N–H and O–H groups in total. The molecular formula is C22H32N2O2. The van der Waals surface area contributed by atoms with Crippen LogP contribution in [-0.4, -0.2) is 46.8 Å². The van der Waals surface area contributed by atoms with Gasteiger partial charge in [-0.15, -0.1) is 0 Å². The molecular weight excluding hydrogens is 324 g/mol. The number of carbonyl (C=O) groups excluding carboxylic acids is 2. The predicted molar refractivity (Wildman–Crippen MR) is 104 cm³/mol. The van der Waals surface area contributed by atoms with E-state index >= 15 is 0 Å². The Hall–Kier alpha value is -1.84. The van der Waals surface area contributed by atoms with Crippen LogP contribution in [0, 0.1) is 11.8 Å². The Morgan fingerprint density at radius 1 is 0.769 bits per heavy atom. The molecule has 2 fully saturated rings. The van der Waals surface area contributed by atoms with Gasteiger partial charge in [-0.3, -0.25) is 9.59 Å². The van der Waals surface area contributed by atoms with Crippen LogP contribution in [0.5, 0.6) is 0 Å². The predicted octanol–water partition coefficient (Wildman–Crippen LogP) is 4.21. The Labute approximate surface area is 157 Å². The minimum absolute atomic E-state index is 0.0985. The van der Waals surface area contributed by atoms with E-state index in [4.69, 9.17) is 0 Å². The van der Waals surface area contributed by atoms with Gasteiger partial charge in [0.1, 0.15) is 0 Å². The van der Waals surface area contributed by atoms with Crippen molar-refractivity contribution < 1.29 is 9.59 Å². The molecule has 0 bridgehead atoms. The summed E-state index contributed by atoms with van der Waals surface area (Å²) < 4.78 is 0. The fourth-order valence-electron chi connectivity index (χ4n) is 3.44. The molecule has 0 aliphatic heterocycles. The highest BCUT2D eigenvalue weighted by atomic mass is 16.2. The third kappa shape index (κ3) is 4.66. The zero-order valence-corrected chi connectivity index (χ0v) is 16.6. The molecule has 2 amide bonds. The zero-order valence-electron chi connectivity index (χ0n) is 16.6. The normalized spacial score (nSPS) is 16.8. The van der Waals surface area contributed by atoms with Crippen LogP contribution in [0.15, 0.2) is 24.3 Å². The standard InChI is InChI=1S/C22H32N2O2/c1-15(2)13-23(19-9-10-19)21(25)17-5-7-18(8-6-17)22(26)24(14-16(3)4)20-11-12-20/h5-8,15-16,19-20H,9-14H2,1-4H3. The van der Waals surface area contributed by atoms with Crippen LogP contribution in [0.25, 0.3) is 0 Å². The molecule has 0 unspecified atom stereocenters. The molecule has 0 radical (unpaired) electrons. The van der Waals surface area contributed by atoms with Gasteiger partial charge < -0.3 is 9.80 Å². The first kappa shape index (κ1) is 18.9. The highest BCUT2D eigenvalue weighted by molar-refractivity contribution is 5.98. The molecule has 2 aliphatic carbocycles. The summed E-state index contributed by atoms with van der Waals surface area (Å²) in [7, 11) is 0. The van der Waals surface area contributed by atoms with E-state index in [0.29, 0.717) is 35.0 Å². The highest BCUT2D eigenvalue weighted by Crippen LogP contribution is 2.30. The maximum Gasteiger partial charge on any atom is 0.254 e. The van der Waals surface area contributed by atoms with Crippen LogP contribution >= 0.6 is 0 Å². The summed E-state index contributed by atoms with van der Waals surface area (Å²) in [5.41, 5.74) is 1.38. The molecule has 0 spiro atoms. The zero-order chi connectivity index (χ0) is 18.8. The number of amides is 2. The molecule has 26 heavy (non-hydrogen) atoms. The second-order valence-electron chi connectivity index (χ2n) is 8.74. The van der Waals surface area contributed by atoms with Gasteiger partial charge in [-0.25, -0.2) is 0 Å². The first-order valence-electron chi connectivity index (χ1n) is 10.1. The molecule has 1 aromatic carbocycles. The van der Waals surface area contributed by atoms with Crippen molar-refractivity contribution >= 4 is 11.8 Å². The van der Waals surface area contributed by atoms with Crippen molar-refractivity contribution in [2.45, 2.75) is 65.5 Å². The van der Waals surface area contributed by atoms with Gasteiger partial charge in [0, 0.05) is 36.3 Å². The molecule has 2 aliphatic rings. The lowest BCUT2D eigenvalue weighted by Crippen LogP contribution is -2.37. The maximum atomic E-state index is 12.9. The van der Waals surface area contributed by atoms with Crippen LogP contribution in [0.1, 0.15) is 74.1 Å². The molecule has 4 heteroatoms. The monoisotopic (exact) mass is 356 g/mol. The first-order valence-corrected chi connectivity index (χ1v) is 10.1. The minimum atomic E-state index is 0.0985. The van der Waals surface area contributed by atoms with Crippen molar-refractivity contribution in [3.63, 3.8) is 0 Å². The summed E-state index contributed by atoms with van der Waals surface area (Å²) in [6.45, 7) is 10.2. The molecule has 2 saturated carbocycles. The quantitative estimate of drug-likeness (QED) is 0.700. The van der Waals surface area contributed by atoms with E-state index < -0.39 is 0 Å². The fourth-order valence-corrected chi connectivity index (χ4v) is 3.44. The minimum Gasteiger partial charge on any atom is -0.335 e. The molecule has 3 rings (SSSR count). The van der Waals surface area contributed by atoms with Gasteiger partial charge >= 0.3 is 0 Å². The summed E-state index contributed by atoms with van der Waals surface area (Å²) in [5.74, 6) is 1.12. The average Bonchev–Trinajstić information content (AvgIpc) is 3.48. The molecule has 0 atom stereocenters. The van der Waals surface area contributed by atoms with Crippen molar-refractivity contribution in [1.82, 2.24) is 9.80 Å². The topological polar surface area (TPSA) is 40.6 Å². The Kier molecular flexibility index (Phi) is 5.69. The summed E-state index contributed by atoms with van der Waals surface area (Å²) in [6, 6.07) is 8.11. The van der Waals surface area contributed by atoms with Gasteiger partial charge in [0.25, 0.3) is 11.8 Å². The first-order chi connectivity index (χ1) is 12.4. The third-order valence-electron chi connectivity index (χ3n) is 5.00. The molecule has 0 aromatic heterocycles. The Morgan fingerprint density at radius 2 is 1.08 bits per heavy atom. The fraction of sp³-hybridized carbons (Fsp3) is 0.636. The number of carbonyl (C=O) groups is 2. The van der Waals surface area contributed by atoms with E-state index in [1.807, 2.05) is 34.1 Å². The number of hydrogen-bond acceptors (Lipinski definition) is 2. The number of nitrogens with zero attached hydrogens (tertiary/aromatic N) is 2. The van der Waals surface area contributed by atoms with Crippen LogP contribution in [0.2, 0.25) is 0 Å². The lowest BCUT2D eigenvalue weighted by molar-refractivity contribution is 0.0710. The second-order valence-corrected chi connectivity index (χ2v) is 8.74. The van der Waals surface area contributed by atoms with Crippen LogP contribution in [0.3, 0.4) is 0 Å². The summed E-state index contributed by atoms with van der Waals surface area (Å²) in [4.78, 5) is 29.8. The van der Waals surface area contributed by atoms with Gasteiger partial charge in [0.05, 0.1) is 0 Å². The average molecular weight is 357 g/mol. The van der Waals surface area contributed by atoms with Crippen LogP contribution in [0.4, 0.5) is 0 Å². The molecule has 0 heterocycles. The lowest BCUT2D eigenvalue weighted by Gasteiger charge is -2.25. The smallest absolute Gasteiger partial charge is 0.254 e. The Bertz CT molecular complexity index is 586. The van der Waals surface area contributed by atoms with E-state index in [9.17, 15) is 9.59 Å². The molecule has 0 saturated heterocycles. The van der Waals surface area contributed by atoms with Gasteiger partial charge in [-0.1, -0.05) is 27.7 Å². The van der Waals surface area contributed by atoms with Crippen molar-refractivity contribution in [3.8, 4) is 0 Å². The number of benzene rings is 1. The molecule has 4 nitrogen and oxygen atoms in total. The molecule has 1 aromatic rings. The Morgan fingerprint density at radius 3 is 1.31 bits per heavy atom. The van der Waals surface area contributed by atoms with Crippen molar-refractivity contribution in [2.24, 2.45) is 11.8 Å². The van der Waals surface area contributed by atoms with Gasteiger partial charge in [0.15, 0.2) is 0 Å². The SMILES string of the molecule is CC(C)CN(C(=O)c1ccc(C(=O)N(CC(C)C)C2CC2)cc1)C1CC1. The van der Waals surface area contributed by atoms with Crippen molar-refractivity contribution in [1.29, 1.82) is 0 Å². The summed E-state index contributed by atoms with van der Waals surface area (Å²) in [6.07, 6.45) is 4.45. The van der Waals surface area contributed by atoms with Gasteiger partial charge in [0.2, 0.25) is 0 Å². The van der Waals surface area contributed by atoms with Gasteiger partial charge in [-0.05, 0) is 61.8 Å². The number of rotatable bonds is 8. The van der Waals surface area contributed by atoms with Crippen LogP contribution in [-0.2, 0) is 0 Å². The van der Waals surface area contributed by atoms with E-state index in [0.717, 1.165) is 38.8 Å². The lowest BCUT2D eigenvalue weighted by atomic mass is 10.1. The number of hydrogen-bond donors (Lipinski definition) is 0. The second kappa shape index (κ2) is 7.81. The largest absolute Gasteiger partial charge is 0.335 e. The van der Waals surface area contributed by atoms with E-state index in [-0.39, 0.29) is 11.8 Å². The van der Waals surface area contributed by atoms with Gasteiger partial charge in [-0.2, -0.15) is 0 Å². The van der Waals surface area contributed by atoms with Crippen molar-refractivity contribution in [2.75, 3.05) is 13.1 Å². The summed E-state index contributed by atoms with van der Waals surface area (Å²) >= 11 is 0. The highest BCUT2D eigenvalue weighted by Gasteiger charge is 2.34. The molecule has 142 valence electrons. The third-order valence-corrected chi connectivity index (χ3v) is 5.00. The van der Waals surface area contributed by atoms with E-state index in [1.54, 1.807) is 0 Å².